The van der Waals surface area contributed by atoms with Crippen LogP contribution in [0.3, 0.4) is 0 Å². The fourth-order valence-electron chi connectivity index (χ4n) is 4.10. The Hall–Kier alpha value is -3.59. The molecule has 0 amide bonds. The van der Waals surface area contributed by atoms with Gasteiger partial charge in [-0.25, -0.2) is 4.98 Å². The number of nitrogens with zero attached hydrogens (tertiary/aromatic N) is 3. The second-order valence-electron chi connectivity index (χ2n) is 9.59. The van der Waals surface area contributed by atoms with Gasteiger partial charge in [-0.1, -0.05) is 26.8 Å². The van der Waals surface area contributed by atoms with Crippen LogP contribution in [0.5, 0.6) is 17.4 Å². The zero-order valence-corrected chi connectivity index (χ0v) is 19.1. The number of aromatic nitrogens is 2. The van der Waals surface area contributed by atoms with Gasteiger partial charge in [-0.3, -0.25) is 4.99 Å². The molecule has 1 atom stereocenters. The van der Waals surface area contributed by atoms with Crippen LogP contribution in [0.1, 0.15) is 31.9 Å². The zero-order chi connectivity index (χ0) is 24.1. The molecule has 3 aromatic rings. The summed E-state index contributed by atoms with van der Waals surface area (Å²) in [6.45, 7) is 6.56. The molecule has 2 aliphatic heterocycles. The smallest absolute Gasteiger partial charge is 0.259 e. The van der Waals surface area contributed by atoms with Crippen molar-refractivity contribution in [3.8, 4) is 28.5 Å². The highest BCUT2D eigenvalue weighted by Crippen LogP contribution is 2.52. The summed E-state index contributed by atoms with van der Waals surface area (Å²) in [7, 11) is 0. The van der Waals surface area contributed by atoms with Crippen LogP contribution >= 0.6 is 0 Å². The second kappa shape index (κ2) is 8.02. The lowest BCUT2D eigenvalue weighted by Crippen LogP contribution is -2.42. The van der Waals surface area contributed by atoms with E-state index in [4.69, 9.17) is 24.9 Å². The molecule has 0 radical (unpaired) electrons. The van der Waals surface area contributed by atoms with Crippen LogP contribution in [0, 0.1) is 17.3 Å². The Morgan fingerprint density at radius 1 is 1.12 bits per heavy atom. The summed E-state index contributed by atoms with van der Waals surface area (Å²) in [6, 6.07) is 9.96. The van der Waals surface area contributed by atoms with Crippen molar-refractivity contribution in [2.75, 3.05) is 19.8 Å². The van der Waals surface area contributed by atoms with Crippen LogP contribution in [-0.4, -0.2) is 35.6 Å². The van der Waals surface area contributed by atoms with Crippen LogP contribution in [0.15, 0.2) is 47.6 Å². The molecular weight excluding hydrogens is 442 g/mol. The minimum atomic E-state index is -1.22. The molecular formula is C25H24F2N4O3. The van der Waals surface area contributed by atoms with E-state index < -0.39 is 17.4 Å². The third-order valence-corrected chi connectivity index (χ3v) is 5.61. The van der Waals surface area contributed by atoms with Gasteiger partial charge in [-0.2, -0.15) is 13.8 Å². The number of fused-ring (bicyclic) bond motifs is 4. The predicted molar refractivity (Wildman–Crippen MR) is 122 cm³/mol. The highest BCUT2D eigenvalue weighted by atomic mass is 19.1. The van der Waals surface area contributed by atoms with E-state index >= 15 is 4.39 Å². The Morgan fingerprint density at radius 2 is 1.94 bits per heavy atom. The molecule has 0 unspecified atom stereocenters. The largest absolute Gasteiger partial charge is 0.477 e. The minimum absolute atomic E-state index is 0.0713. The van der Waals surface area contributed by atoms with Gasteiger partial charge in [0.1, 0.15) is 23.7 Å². The lowest BCUT2D eigenvalue weighted by molar-refractivity contribution is 0.108. The number of nitrogens with two attached hydrogens (primary N) is 1. The number of hydrogen-bond donors (Lipinski definition) is 1. The Morgan fingerprint density at radius 3 is 2.68 bits per heavy atom. The number of ether oxygens (including phenoxy) is 3. The number of aliphatic imine (C=N–C) groups is 1. The molecule has 0 aliphatic carbocycles. The van der Waals surface area contributed by atoms with Crippen molar-refractivity contribution < 1.29 is 23.0 Å². The molecule has 2 N–H and O–H groups in total. The molecule has 2 aliphatic rings. The van der Waals surface area contributed by atoms with Crippen molar-refractivity contribution in [3.63, 3.8) is 0 Å². The molecule has 0 saturated carbocycles. The van der Waals surface area contributed by atoms with Crippen molar-refractivity contribution in [1.29, 1.82) is 0 Å². The number of halogens is 2. The molecule has 9 heteroatoms. The number of pyridine rings is 2. The van der Waals surface area contributed by atoms with Gasteiger partial charge in [0.05, 0.1) is 13.2 Å². The monoisotopic (exact) mass is 466 g/mol. The maximum absolute atomic E-state index is 15.2. The molecule has 5 rings (SSSR count). The molecule has 1 aromatic carbocycles. The average Bonchev–Trinajstić information content (AvgIpc) is 2.78. The topological polar surface area (TPSA) is 91.8 Å². The lowest BCUT2D eigenvalue weighted by atomic mass is 9.80. The first-order valence-electron chi connectivity index (χ1n) is 10.9. The summed E-state index contributed by atoms with van der Waals surface area (Å²) in [5, 5.41) is 0. The molecule has 0 bridgehead atoms. The summed E-state index contributed by atoms with van der Waals surface area (Å²) in [4.78, 5) is 12.4. The van der Waals surface area contributed by atoms with E-state index in [9.17, 15) is 4.39 Å². The molecule has 34 heavy (non-hydrogen) atoms. The van der Waals surface area contributed by atoms with Crippen molar-refractivity contribution in [2.45, 2.75) is 26.3 Å². The fraction of sp³-hybridized carbons (Fsp3) is 0.320. The third-order valence-electron chi connectivity index (χ3n) is 5.61. The normalized spacial score (nSPS) is 19.1. The van der Waals surface area contributed by atoms with Crippen LogP contribution in [-0.2, 0) is 10.3 Å². The highest BCUT2D eigenvalue weighted by molar-refractivity contribution is 5.84. The maximum atomic E-state index is 15.2. The Kier molecular flexibility index (Phi) is 5.24. The van der Waals surface area contributed by atoms with E-state index in [1.165, 1.54) is 6.20 Å². The Bertz CT molecular complexity index is 1310. The third kappa shape index (κ3) is 3.86. The molecule has 0 saturated heterocycles. The standard InChI is InChI=1S/C25H24F2N4O3/c1-24(2,3)12-33-20-10-17-21(23(27)30-20)34-18-7-6-14(15-5-4-8-29-22(15)26)9-16(18)25(17)13-32-11-19(28)31-25/h4-10H,11-13H2,1-3H3,(H2,28,31)/t25-/m1/s1. The summed E-state index contributed by atoms with van der Waals surface area (Å²) < 4.78 is 47.1. The SMILES string of the molecule is CC(C)(C)COc1cc2c(c(F)n1)Oc1ccc(-c3cccnc3F)cc1[C@]21COCC(N)=N1. The number of hydrogen-bond acceptors (Lipinski definition) is 7. The highest BCUT2D eigenvalue weighted by Gasteiger charge is 2.46. The van der Waals surface area contributed by atoms with E-state index in [1.54, 1.807) is 36.4 Å². The first-order chi connectivity index (χ1) is 16.2. The van der Waals surface area contributed by atoms with Crippen LogP contribution in [0.25, 0.3) is 11.1 Å². The van der Waals surface area contributed by atoms with Gasteiger partial charge in [0.25, 0.3) is 5.95 Å². The van der Waals surface area contributed by atoms with Crippen molar-refractivity contribution in [1.82, 2.24) is 9.97 Å². The first kappa shape index (κ1) is 22.2. The summed E-state index contributed by atoms with van der Waals surface area (Å²) in [5.41, 5.74) is 6.54. The molecule has 7 nitrogen and oxygen atoms in total. The van der Waals surface area contributed by atoms with Crippen LogP contribution in [0.2, 0.25) is 0 Å². The molecule has 2 aromatic heterocycles. The van der Waals surface area contributed by atoms with Gasteiger partial charge >= 0.3 is 0 Å². The number of rotatable bonds is 3. The predicted octanol–water partition coefficient (Wildman–Crippen LogP) is 4.58. The summed E-state index contributed by atoms with van der Waals surface area (Å²) in [5.74, 6) is -0.800. The van der Waals surface area contributed by atoms with E-state index in [2.05, 4.69) is 9.97 Å². The Labute approximate surface area is 195 Å². The molecule has 4 heterocycles. The van der Waals surface area contributed by atoms with E-state index in [0.29, 0.717) is 34.6 Å². The molecule has 1 spiro atoms. The van der Waals surface area contributed by atoms with Gasteiger partial charge in [-0.15, -0.1) is 0 Å². The van der Waals surface area contributed by atoms with Crippen LogP contribution in [0.4, 0.5) is 8.78 Å². The van der Waals surface area contributed by atoms with Crippen molar-refractivity contribution >= 4 is 5.84 Å². The number of amidine groups is 1. The quantitative estimate of drug-likeness (QED) is 0.568. The van der Waals surface area contributed by atoms with E-state index in [-0.39, 0.29) is 36.1 Å². The second-order valence-corrected chi connectivity index (χ2v) is 9.59. The molecule has 0 fully saturated rings. The maximum Gasteiger partial charge on any atom is 0.259 e. The molecule has 176 valence electrons. The van der Waals surface area contributed by atoms with E-state index in [1.807, 2.05) is 20.8 Å². The number of benzene rings is 1. The van der Waals surface area contributed by atoms with Gasteiger partial charge < -0.3 is 19.9 Å². The van der Waals surface area contributed by atoms with Gasteiger partial charge in [0.15, 0.2) is 5.75 Å². The lowest BCUT2D eigenvalue weighted by Gasteiger charge is -2.39. The average molecular weight is 466 g/mol. The zero-order valence-electron chi connectivity index (χ0n) is 19.1. The Balaban J connectivity index is 1.70. The fourth-order valence-corrected chi connectivity index (χ4v) is 4.10. The van der Waals surface area contributed by atoms with E-state index in [0.717, 1.165) is 0 Å². The van der Waals surface area contributed by atoms with Gasteiger partial charge in [-0.05, 0) is 35.2 Å². The van der Waals surface area contributed by atoms with Crippen molar-refractivity contribution in [2.24, 2.45) is 16.1 Å². The summed E-state index contributed by atoms with van der Waals surface area (Å²) in [6.07, 6.45) is 1.38. The van der Waals surface area contributed by atoms with Crippen LogP contribution < -0.4 is 15.2 Å². The summed E-state index contributed by atoms with van der Waals surface area (Å²) >= 11 is 0. The first-order valence-corrected chi connectivity index (χ1v) is 10.9. The minimum Gasteiger partial charge on any atom is -0.477 e. The van der Waals surface area contributed by atoms with Gasteiger partial charge in [0, 0.05) is 29.0 Å². The van der Waals surface area contributed by atoms with Gasteiger partial charge in [0.2, 0.25) is 11.8 Å². The van der Waals surface area contributed by atoms with Crippen molar-refractivity contribution in [3.05, 3.63) is 65.6 Å².